The molecule has 4 heteroatoms. The zero-order valence-electron chi connectivity index (χ0n) is 12.9. The Balaban J connectivity index is 1.87. The highest BCUT2D eigenvalue weighted by Crippen LogP contribution is 2.31. The predicted octanol–water partition coefficient (Wildman–Crippen LogP) is 2.47. The number of fused-ring (bicyclic) bond motifs is 1. The third-order valence-corrected chi connectivity index (χ3v) is 4.38. The van der Waals surface area contributed by atoms with Gasteiger partial charge in [0.15, 0.2) is 0 Å². The average molecular weight is 275 g/mol. The number of morpholine rings is 1. The molecule has 3 rings (SSSR count). The molecule has 1 aliphatic heterocycles. The van der Waals surface area contributed by atoms with Gasteiger partial charge in [0.05, 0.1) is 17.9 Å². The van der Waals surface area contributed by atoms with E-state index in [1.54, 1.807) is 0 Å². The Labute approximate surface area is 121 Å². The van der Waals surface area contributed by atoms with Gasteiger partial charge in [0.2, 0.25) is 0 Å². The molecule has 4 nitrogen and oxygen atoms in total. The van der Waals surface area contributed by atoms with E-state index in [4.69, 9.17) is 9.84 Å². The minimum absolute atomic E-state index is 0.261. The van der Waals surface area contributed by atoms with Crippen LogP contribution in [0.2, 0.25) is 0 Å². The fraction of sp³-hybridized carbons (Fsp3) is 0.688. The largest absolute Gasteiger partial charge is 0.372 e. The lowest BCUT2D eigenvalue weighted by Crippen LogP contribution is -2.44. The average Bonchev–Trinajstić information content (AvgIpc) is 2.98. The molecule has 0 saturated carbocycles. The number of nitrogens with zero attached hydrogens (tertiary/aromatic N) is 3. The van der Waals surface area contributed by atoms with Crippen molar-refractivity contribution < 1.29 is 4.74 Å². The highest BCUT2D eigenvalue weighted by molar-refractivity contribution is 5.63. The summed E-state index contributed by atoms with van der Waals surface area (Å²) >= 11 is 0. The Kier molecular flexibility index (Phi) is 3.59. The molecule has 1 aliphatic carbocycles. The van der Waals surface area contributed by atoms with Crippen LogP contribution in [-0.2, 0) is 24.1 Å². The van der Waals surface area contributed by atoms with Crippen LogP contribution < -0.4 is 0 Å². The molecule has 0 N–H and O–H groups in total. The molecule has 2 unspecified atom stereocenters. The first-order valence-corrected chi connectivity index (χ1v) is 7.78. The number of ether oxygens (including phenoxy) is 1. The van der Waals surface area contributed by atoms with Gasteiger partial charge < -0.3 is 9.64 Å². The van der Waals surface area contributed by atoms with Gasteiger partial charge in [-0.1, -0.05) is 6.58 Å². The van der Waals surface area contributed by atoms with Crippen molar-refractivity contribution in [1.29, 1.82) is 0 Å². The van der Waals surface area contributed by atoms with Crippen LogP contribution in [-0.4, -0.2) is 40.0 Å². The molecule has 1 fully saturated rings. The second kappa shape index (κ2) is 5.24. The smallest absolute Gasteiger partial charge is 0.111 e. The van der Waals surface area contributed by atoms with E-state index in [1.165, 1.54) is 24.1 Å². The molecule has 1 aromatic rings. The Morgan fingerprint density at radius 2 is 2.00 bits per heavy atom. The Bertz CT molecular complexity index is 510. The van der Waals surface area contributed by atoms with Crippen LogP contribution in [0.3, 0.4) is 0 Å². The highest BCUT2D eigenvalue weighted by atomic mass is 16.5. The molecule has 1 saturated heterocycles. The summed E-state index contributed by atoms with van der Waals surface area (Å²) in [4.78, 5) is 2.35. The molecular formula is C16H25N3O. The SMILES string of the molecule is C=C(c1nn(CC)c2c1CCC2)N1CC(C)OC(C)C1. The summed E-state index contributed by atoms with van der Waals surface area (Å²) in [6, 6.07) is 0. The molecule has 0 amide bonds. The maximum absolute atomic E-state index is 5.81. The maximum atomic E-state index is 5.81. The zero-order valence-corrected chi connectivity index (χ0v) is 12.9. The fourth-order valence-electron chi connectivity index (χ4n) is 3.55. The third-order valence-electron chi connectivity index (χ3n) is 4.38. The number of aromatic nitrogens is 2. The Morgan fingerprint density at radius 3 is 2.65 bits per heavy atom. The van der Waals surface area contributed by atoms with Crippen molar-refractivity contribution in [2.75, 3.05) is 13.1 Å². The van der Waals surface area contributed by atoms with E-state index in [-0.39, 0.29) is 12.2 Å². The van der Waals surface area contributed by atoms with E-state index < -0.39 is 0 Å². The van der Waals surface area contributed by atoms with E-state index in [2.05, 4.69) is 36.9 Å². The second-order valence-corrected chi connectivity index (χ2v) is 6.05. The Morgan fingerprint density at radius 1 is 1.30 bits per heavy atom. The van der Waals surface area contributed by atoms with Crippen LogP contribution in [0.4, 0.5) is 0 Å². The third kappa shape index (κ3) is 2.26. The normalized spacial score (nSPS) is 25.9. The van der Waals surface area contributed by atoms with Gasteiger partial charge in [-0.05, 0) is 40.0 Å². The van der Waals surface area contributed by atoms with Crippen LogP contribution in [0.5, 0.6) is 0 Å². The Hall–Kier alpha value is -1.29. The number of rotatable bonds is 3. The lowest BCUT2D eigenvalue weighted by atomic mass is 10.1. The molecule has 110 valence electrons. The highest BCUT2D eigenvalue weighted by Gasteiger charge is 2.28. The van der Waals surface area contributed by atoms with E-state index in [0.717, 1.165) is 37.4 Å². The zero-order chi connectivity index (χ0) is 14.3. The summed E-state index contributed by atoms with van der Waals surface area (Å²) in [6.45, 7) is 13.5. The van der Waals surface area contributed by atoms with Crippen molar-refractivity contribution in [2.45, 2.75) is 58.8 Å². The van der Waals surface area contributed by atoms with Crippen molar-refractivity contribution in [1.82, 2.24) is 14.7 Å². The molecule has 2 atom stereocenters. The summed E-state index contributed by atoms with van der Waals surface area (Å²) in [6.07, 6.45) is 4.09. The summed E-state index contributed by atoms with van der Waals surface area (Å²) < 4.78 is 7.98. The van der Waals surface area contributed by atoms with Crippen LogP contribution in [0.15, 0.2) is 6.58 Å². The number of aryl methyl sites for hydroxylation is 1. The molecular weight excluding hydrogens is 250 g/mol. The molecule has 2 aliphatic rings. The predicted molar refractivity (Wildman–Crippen MR) is 80.5 cm³/mol. The van der Waals surface area contributed by atoms with Crippen molar-refractivity contribution >= 4 is 5.70 Å². The molecule has 0 bridgehead atoms. The van der Waals surface area contributed by atoms with E-state index >= 15 is 0 Å². The number of hydrogen-bond acceptors (Lipinski definition) is 3. The van der Waals surface area contributed by atoms with Crippen molar-refractivity contribution in [2.24, 2.45) is 0 Å². The molecule has 20 heavy (non-hydrogen) atoms. The van der Waals surface area contributed by atoms with Crippen molar-refractivity contribution in [3.8, 4) is 0 Å². The van der Waals surface area contributed by atoms with E-state index in [0.29, 0.717) is 0 Å². The van der Waals surface area contributed by atoms with Gasteiger partial charge in [-0.25, -0.2) is 0 Å². The summed E-state index contributed by atoms with van der Waals surface area (Å²) in [5.41, 5.74) is 5.07. The standard InChI is InChI=1S/C16H25N3O/c1-5-19-15-8-6-7-14(15)16(17-19)13(4)18-9-11(2)20-12(3)10-18/h11-12H,4-10H2,1-3H3. The first kappa shape index (κ1) is 13.7. The quantitative estimate of drug-likeness (QED) is 0.849. The molecule has 0 spiro atoms. The van der Waals surface area contributed by atoms with Gasteiger partial charge in [0.1, 0.15) is 5.69 Å². The lowest BCUT2D eigenvalue weighted by molar-refractivity contribution is -0.0509. The van der Waals surface area contributed by atoms with Crippen molar-refractivity contribution in [3.05, 3.63) is 23.5 Å². The monoisotopic (exact) mass is 275 g/mol. The molecule has 1 aromatic heterocycles. The first-order valence-electron chi connectivity index (χ1n) is 7.78. The fourth-order valence-corrected chi connectivity index (χ4v) is 3.55. The van der Waals surface area contributed by atoms with Gasteiger partial charge >= 0.3 is 0 Å². The first-order chi connectivity index (χ1) is 9.60. The summed E-state index contributed by atoms with van der Waals surface area (Å²) in [7, 11) is 0. The molecule has 0 aromatic carbocycles. The van der Waals surface area contributed by atoms with Gasteiger partial charge in [0.25, 0.3) is 0 Å². The van der Waals surface area contributed by atoms with Gasteiger partial charge in [-0.3, -0.25) is 4.68 Å². The maximum Gasteiger partial charge on any atom is 0.111 e. The topological polar surface area (TPSA) is 30.3 Å². The minimum Gasteiger partial charge on any atom is -0.372 e. The van der Waals surface area contributed by atoms with Gasteiger partial charge in [-0.15, -0.1) is 0 Å². The summed E-state index contributed by atoms with van der Waals surface area (Å²) in [5, 5.41) is 4.81. The molecule has 0 radical (unpaired) electrons. The van der Waals surface area contributed by atoms with E-state index in [1.807, 2.05) is 0 Å². The number of hydrogen-bond donors (Lipinski definition) is 0. The van der Waals surface area contributed by atoms with Crippen LogP contribution in [0.25, 0.3) is 5.70 Å². The van der Waals surface area contributed by atoms with Crippen LogP contribution >= 0.6 is 0 Å². The summed E-state index contributed by atoms with van der Waals surface area (Å²) in [5.74, 6) is 0. The molecule has 2 heterocycles. The minimum atomic E-state index is 0.261. The van der Waals surface area contributed by atoms with Crippen molar-refractivity contribution in [3.63, 3.8) is 0 Å². The van der Waals surface area contributed by atoms with Crippen LogP contribution in [0.1, 0.15) is 44.1 Å². The van der Waals surface area contributed by atoms with Gasteiger partial charge in [0, 0.05) is 30.9 Å². The van der Waals surface area contributed by atoms with Crippen LogP contribution in [0, 0.1) is 0 Å². The van der Waals surface area contributed by atoms with E-state index in [9.17, 15) is 0 Å². The lowest BCUT2D eigenvalue weighted by Gasteiger charge is -2.37. The van der Waals surface area contributed by atoms with Gasteiger partial charge in [-0.2, -0.15) is 5.10 Å². The second-order valence-electron chi connectivity index (χ2n) is 6.05.